The van der Waals surface area contributed by atoms with Gasteiger partial charge in [0, 0.05) is 29.6 Å². The van der Waals surface area contributed by atoms with Crippen LogP contribution in [0.1, 0.15) is 0 Å². The lowest BCUT2D eigenvalue weighted by molar-refractivity contribution is 0.514. The van der Waals surface area contributed by atoms with Gasteiger partial charge in [0.1, 0.15) is 4.60 Å². The maximum absolute atomic E-state index is 12.2. The molecule has 0 bridgehead atoms. The first-order valence-corrected chi connectivity index (χ1v) is 5.33. The smallest absolute Gasteiger partial charge is 0.217 e. The van der Waals surface area contributed by atoms with Gasteiger partial charge in [0.25, 0.3) is 0 Å². The zero-order valence-electron chi connectivity index (χ0n) is 8.87. The maximum atomic E-state index is 12.2. The predicted molar refractivity (Wildman–Crippen MR) is 64.9 cm³/mol. The molecule has 96 valence electrons. The summed E-state index contributed by atoms with van der Waals surface area (Å²) in [6.07, 6.45) is 0. The third kappa shape index (κ3) is 5.00. The number of nitrogens with two attached hydrogens (primary N) is 2. The van der Waals surface area contributed by atoms with E-state index in [-0.39, 0.29) is 5.69 Å². The lowest BCUT2D eigenvalue weighted by Gasteiger charge is -1.92. The molecule has 2 aromatic rings. The fraction of sp³-hybridized carbons (Fsp3) is 0. The molecule has 0 unspecified atom stereocenters. The molecular weight excluding hydrogens is 313 g/mol. The molecule has 0 radical (unpaired) electrons. The Bertz CT molecular complexity index is 400. The van der Waals surface area contributed by atoms with Gasteiger partial charge in [-0.2, -0.15) is 18.2 Å². The Kier molecular flexibility index (Phi) is 4.90. The number of halogens is 4. The van der Waals surface area contributed by atoms with Crippen molar-refractivity contribution in [2.45, 2.75) is 0 Å². The molecular formula is C10H8BrF3N4. The van der Waals surface area contributed by atoms with Crippen LogP contribution in [-0.2, 0) is 0 Å². The van der Waals surface area contributed by atoms with Crippen molar-refractivity contribution >= 4 is 27.3 Å². The lowest BCUT2D eigenvalue weighted by Crippen LogP contribution is -1.92. The number of hydrogen-bond acceptors (Lipinski definition) is 4. The first-order valence-electron chi connectivity index (χ1n) is 4.54. The van der Waals surface area contributed by atoms with Crippen molar-refractivity contribution in [3.8, 4) is 0 Å². The first-order chi connectivity index (χ1) is 8.36. The van der Waals surface area contributed by atoms with Gasteiger partial charge in [-0.1, -0.05) is 0 Å². The molecule has 2 aromatic heterocycles. The molecule has 4 nitrogen and oxygen atoms in total. The summed E-state index contributed by atoms with van der Waals surface area (Å²) in [4.78, 5) is 6.23. The summed E-state index contributed by atoms with van der Waals surface area (Å²) in [5, 5.41) is 0. The van der Waals surface area contributed by atoms with Crippen molar-refractivity contribution in [2.24, 2.45) is 0 Å². The van der Waals surface area contributed by atoms with E-state index in [2.05, 4.69) is 25.9 Å². The number of nitrogens with zero attached hydrogens (tertiary/aromatic N) is 2. The van der Waals surface area contributed by atoms with E-state index in [1.165, 1.54) is 6.07 Å². The third-order valence-electron chi connectivity index (χ3n) is 1.57. The quantitative estimate of drug-likeness (QED) is 0.731. The normalized spacial score (nSPS) is 9.56. The van der Waals surface area contributed by atoms with E-state index in [1.54, 1.807) is 0 Å². The summed E-state index contributed by atoms with van der Waals surface area (Å²) in [5.74, 6) is -2.36. The van der Waals surface area contributed by atoms with Crippen LogP contribution in [0.5, 0.6) is 0 Å². The van der Waals surface area contributed by atoms with Gasteiger partial charge in [-0.05, 0) is 22.0 Å². The van der Waals surface area contributed by atoms with E-state index in [4.69, 9.17) is 11.5 Å². The number of hydrogen-bond donors (Lipinski definition) is 2. The summed E-state index contributed by atoms with van der Waals surface area (Å²) in [5.41, 5.74) is 10.7. The Balaban J connectivity index is 0.000000180. The molecule has 8 heteroatoms. The molecule has 0 amide bonds. The molecule has 0 fully saturated rings. The Labute approximate surface area is 109 Å². The minimum atomic E-state index is -0.896. The van der Waals surface area contributed by atoms with Gasteiger partial charge in [0.15, 0.2) is 0 Å². The van der Waals surface area contributed by atoms with Crippen LogP contribution < -0.4 is 11.5 Å². The minimum absolute atomic E-state index is 0.0417. The Morgan fingerprint density at radius 1 is 0.778 bits per heavy atom. The summed E-state index contributed by atoms with van der Waals surface area (Å²) in [6, 6.07) is 4.58. The van der Waals surface area contributed by atoms with Crippen LogP contribution >= 0.6 is 15.9 Å². The van der Waals surface area contributed by atoms with Gasteiger partial charge < -0.3 is 11.5 Å². The predicted octanol–water partition coefficient (Wildman–Crippen LogP) is 2.51. The first kappa shape index (κ1) is 14.2. The zero-order valence-corrected chi connectivity index (χ0v) is 10.5. The standard InChI is InChI=1S/C5H4BrFN2.C5H4F2N2/c2*6-4-1-3(8)2-5(7)9-4/h2*1-2H,(H2,8,9). The highest BCUT2D eigenvalue weighted by Gasteiger charge is 1.96. The summed E-state index contributed by atoms with van der Waals surface area (Å²) in [6.45, 7) is 0. The second kappa shape index (κ2) is 6.20. The molecule has 0 aliphatic rings. The fourth-order valence-electron chi connectivity index (χ4n) is 0.967. The highest BCUT2D eigenvalue weighted by molar-refractivity contribution is 9.10. The van der Waals surface area contributed by atoms with Crippen molar-refractivity contribution in [2.75, 3.05) is 11.5 Å². The zero-order chi connectivity index (χ0) is 13.7. The van der Waals surface area contributed by atoms with Gasteiger partial charge in [0.2, 0.25) is 17.8 Å². The highest BCUT2D eigenvalue weighted by atomic mass is 79.9. The van der Waals surface area contributed by atoms with Crippen molar-refractivity contribution in [3.05, 3.63) is 46.7 Å². The topological polar surface area (TPSA) is 77.8 Å². The monoisotopic (exact) mass is 320 g/mol. The van der Waals surface area contributed by atoms with Crippen molar-refractivity contribution < 1.29 is 13.2 Å². The highest BCUT2D eigenvalue weighted by Crippen LogP contribution is 2.11. The number of anilines is 2. The summed E-state index contributed by atoms with van der Waals surface area (Å²) < 4.78 is 36.6. The van der Waals surface area contributed by atoms with Crippen LogP contribution in [0.15, 0.2) is 28.9 Å². The molecule has 0 saturated carbocycles. The molecule has 0 spiro atoms. The fourth-order valence-corrected chi connectivity index (χ4v) is 1.40. The number of pyridine rings is 2. The average Bonchev–Trinajstić information content (AvgIpc) is 2.12. The molecule has 2 heterocycles. The third-order valence-corrected chi connectivity index (χ3v) is 1.98. The van der Waals surface area contributed by atoms with Crippen LogP contribution in [0.25, 0.3) is 0 Å². The van der Waals surface area contributed by atoms with Crippen LogP contribution in [0, 0.1) is 17.8 Å². The summed E-state index contributed by atoms with van der Waals surface area (Å²) in [7, 11) is 0. The molecule has 4 N–H and O–H groups in total. The second-order valence-electron chi connectivity index (χ2n) is 3.09. The summed E-state index contributed by atoms with van der Waals surface area (Å²) >= 11 is 2.98. The minimum Gasteiger partial charge on any atom is -0.399 e. The largest absolute Gasteiger partial charge is 0.399 e. The number of rotatable bonds is 0. The molecule has 0 aliphatic heterocycles. The van der Waals surface area contributed by atoms with E-state index in [0.29, 0.717) is 10.3 Å². The molecule has 0 atom stereocenters. The Hall–Kier alpha value is -1.83. The van der Waals surface area contributed by atoms with Gasteiger partial charge in [-0.15, -0.1) is 0 Å². The van der Waals surface area contributed by atoms with Crippen LogP contribution in [-0.4, -0.2) is 9.97 Å². The average molecular weight is 321 g/mol. The van der Waals surface area contributed by atoms with Crippen LogP contribution in [0.3, 0.4) is 0 Å². The van der Waals surface area contributed by atoms with Gasteiger partial charge in [0.05, 0.1) is 0 Å². The van der Waals surface area contributed by atoms with Crippen LogP contribution in [0.4, 0.5) is 24.5 Å². The molecule has 18 heavy (non-hydrogen) atoms. The van der Waals surface area contributed by atoms with E-state index >= 15 is 0 Å². The van der Waals surface area contributed by atoms with Crippen molar-refractivity contribution in [1.82, 2.24) is 9.97 Å². The Morgan fingerprint density at radius 3 is 1.50 bits per heavy atom. The molecule has 0 aliphatic carbocycles. The second-order valence-corrected chi connectivity index (χ2v) is 3.90. The van der Waals surface area contributed by atoms with E-state index < -0.39 is 17.8 Å². The van der Waals surface area contributed by atoms with Crippen molar-refractivity contribution in [3.63, 3.8) is 0 Å². The van der Waals surface area contributed by atoms with Crippen molar-refractivity contribution in [1.29, 1.82) is 0 Å². The van der Waals surface area contributed by atoms with E-state index in [1.807, 2.05) is 0 Å². The lowest BCUT2D eigenvalue weighted by atomic mass is 10.4. The number of aromatic nitrogens is 2. The molecule has 2 rings (SSSR count). The van der Waals surface area contributed by atoms with E-state index in [0.717, 1.165) is 18.2 Å². The van der Waals surface area contributed by atoms with Crippen LogP contribution in [0.2, 0.25) is 0 Å². The Morgan fingerprint density at radius 2 is 1.17 bits per heavy atom. The molecule has 0 aromatic carbocycles. The van der Waals surface area contributed by atoms with Gasteiger partial charge >= 0.3 is 0 Å². The maximum Gasteiger partial charge on any atom is 0.217 e. The van der Waals surface area contributed by atoms with Gasteiger partial charge in [-0.25, -0.2) is 4.98 Å². The van der Waals surface area contributed by atoms with Gasteiger partial charge in [-0.3, -0.25) is 0 Å². The van der Waals surface area contributed by atoms with E-state index in [9.17, 15) is 13.2 Å². The number of nitrogen functional groups attached to an aromatic ring is 2. The SMILES string of the molecule is Nc1cc(F)nc(Br)c1.Nc1cc(F)nc(F)c1. The molecule has 0 saturated heterocycles.